The van der Waals surface area contributed by atoms with Gasteiger partial charge in [0.2, 0.25) is 5.28 Å². The van der Waals surface area contributed by atoms with Gasteiger partial charge in [0, 0.05) is 38.2 Å². The number of nitrogens with zero attached hydrogens (tertiary/aromatic N) is 5. The minimum atomic E-state index is 0.316. The summed E-state index contributed by atoms with van der Waals surface area (Å²) >= 11 is 5.83. The lowest BCUT2D eigenvalue weighted by atomic mass is 9.97. The number of hydrogen-bond acceptors (Lipinski definition) is 4. The summed E-state index contributed by atoms with van der Waals surface area (Å²) in [6.07, 6.45) is 7.87. The van der Waals surface area contributed by atoms with E-state index in [1.807, 2.05) is 29.2 Å². The third-order valence-corrected chi connectivity index (χ3v) is 3.74. The summed E-state index contributed by atoms with van der Waals surface area (Å²) in [5, 5.41) is 4.58. The Kier molecular flexibility index (Phi) is 3.64. The number of piperidine rings is 1. The maximum Gasteiger partial charge on any atom is 0.224 e. The van der Waals surface area contributed by atoms with Gasteiger partial charge < -0.3 is 4.90 Å². The number of aromatic nitrogens is 4. The van der Waals surface area contributed by atoms with Gasteiger partial charge in [0.15, 0.2) is 0 Å². The maximum absolute atomic E-state index is 5.83. The molecule has 0 aliphatic carbocycles. The van der Waals surface area contributed by atoms with Crippen molar-refractivity contribution in [2.24, 2.45) is 5.92 Å². The molecule has 0 bridgehead atoms. The van der Waals surface area contributed by atoms with Gasteiger partial charge in [-0.05, 0) is 42.5 Å². The standard InChI is InChI=1S/C13H16ClN5/c14-13-15-6-2-12(17-13)18-8-3-11(4-9-18)10-19-7-1-5-16-19/h1-2,5-7,11H,3-4,8-10H2. The quantitative estimate of drug-likeness (QED) is 0.808. The average molecular weight is 278 g/mol. The van der Waals surface area contributed by atoms with Crippen LogP contribution in [-0.4, -0.2) is 32.8 Å². The third kappa shape index (κ3) is 3.04. The monoisotopic (exact) mass is 277 g/mol. The van der Waals surface area contributed by atoms with Gasteiger partial charge in [-0.2, -0.15) is 5.10 Å². The van der Waals surface area contributed by atoms with Crippen molar-refractivity contribution in [3.63, 3.8) is 0 Å². The molecule has 2 aromatic rings. The highest BCUT2D eigenvalue weighted by atomic mass is 35.5. The van der Waals surface area contributed by atoms with Crippen LogP contribution in [0.15, 0.2) is 30.7 Å². The van der Waals surface area contributed by atoms with Crippen LogP contribution in [0.1, 0.15) is 12.8 Å². The van der Waals surface area contributed by atoms with E-state index < -0.39 is 0 Å². The lowest BCUT2D eigenvalue weighted by Gasteiger charge is -2.32. The van der Waals surface area contributed by atoms with Crippen LogP contribution >= 0.6 is 11.6 Å². The Labute approximate surface area is 117 Å². The van der Waals surface area contributed by atoms with E-state index in [0.29, 0.717) is 11.2 Å². The first-order chi connectivity index (χ1) is 9.31. The highest BCUT2D eigenvalue weighted by Crippen LogP contribution is 2.23. The van der Waals surface area contributed by atoms with Crippen LogP contribution in [0.3, 0.4) is 0 Å². The molecule has 0 aromatic carbocycles. The number of halogens is 1. The molecule has 2 aromatic heterocycles. The normalized spacial score (nSPS) is 16.8. The van der Waals surface area contributed by atoms with E-state index in [1.165, 1.54) is 0 Å². The fourth-order valence-electron chi connectivity index (χ4n) is 2.52. The Bertz CT molecular complexity index is 520. The van der Waals surface area contributed by atoms with Crippen LogP contribution < -0.4 is 4.90 Å². The average Bonchev–Trinajstić information content (AvgIpc) is 2.92. The maximum atomic E-state index is 5.83. The summed E-state index contributed by atoms with van der Waals surface area (Å²) in [5.41, 5.74) is 0. The Morgan fingerprint density at radius 1 is 1.26 bits per heavy atom. The predicted octanol–water partition coefficient (Wildman–Crippen LogP) is 2.24. The van der Waals surface area contributed by atoms with Gasteiger partial charge in [-0.15, -0.1) is 0 Å². The SMILES string of the molecule is Clc1nccc(N2CCC(Cn3cccn3)CC2)n1. The van der Waals surface area contributed by atoms with E-state index in [1.54, 1.807) is 6.20 Å². The molecule has 3 heterocycles. The minimum Gasteiger partial charge on any atom is -0.356 e. The van der Waals surface area contributed by atoms with Crippen LogP contribution in [0.4, 0.5) is 5.82 Å². The molecular weight excluding hydrogens is 262 g/mol. The molecule has 6 heteroatoms. The van der Waals surface area contributed by atoms with Crippen molar-refractivity contribution in [2.75, 3.05) is 18.0 Å². The van der Waals surface area contributed by atoms with Crippen molar-refractivity contribution in [3.8, 4) is 0 Å². The van der Waals surface area contributed by atoms with E-state index in [9.17, 15) is 0 Å². The smallest absolute Gasteiger partial charge is 0.224 e. The lowest BCUT2D eigenvalue weighted by molar-refractivity contribution is 0.341. The van der Waals surface area contributed by atoms with Gasteiger partial charge in [0.1, 0.15) is 5.82 Å². The molecule has 0 saturated carbocycles. The van der Waals surface area contributed by atoms with Gasteiger partial charge in [-0.25, -0.2) is 9.97 Å². The Morgan fingerprint density at radius 2 is 2.11 bits per heavy atom. The largest absolute Gasteiger partial charge is 0.356 e. The molecule has 1 aliphatic rings. The van der Waals surface area contributed by atoms with E-state index in [0.717, 1.165) is 38.3 Å². The molecule has 1 aliphatic heterocycles. The Morgan fingerprint density at radius 3 is 2.79 bits per heavy atom. The van der Waals surface area contributed by atoms with Crippen LogP contribution in [0.25, 0.3) is 0 Å². The molecule has 0 spiro atoms. The van der Waals surface area contributed by atoms with E-state index in [2.05, 4.69) is 20.0 Å². The molecule has 100 valence electrons. The molecule has 0 unspecified atom stereocenters. The molecular formula is C13H16ClN5. The van der Waals surface area contributed by atoms with Crippen molar-refractivity contribution < 1.29 is 0 Å². The predicted molar refractivity (Wildman–Crippen MR) is 74.2 cm³/mol. The van der Waals surface area contributed by atoms with Gasteiger partial charge in [0.05, 0.1) is 0 Å². The van der Waals surface area contributed by atoms with Crippen molar-refractivity contribution in [1.29, 1.82) is 0 Å². The lowest BCUT2D eigenvalue weighted by Crippen LogP contribution is -2.35. The highest BCUT2D eigenvalue weighted by molar-refractivity contribution is 6.28. The van der Waals surface area contributed by atoms with E-state index in [4.69, 9.17) is 11.6 Å². The molecule has 0 radical (unpaired) electrons. The van der Waals surface area contributed by atoms with Crippen LogP contribution in [0, 0.1) is 5.92 Å². The first-order valence-corrected chi connectivity index (χ1v) is 6.90. The topological polar surface area (TPSA) is 46.8 Å². The molecule has 3 rings (SSSR count). The molecule has 1 fully saturated rings. The second-order valence-electron chi connectivity index (χ2n) is 4.84. The number of anilines is 1. The minimum absolute atomic E-state index is 0.316. The van der Waals surface area contributed by atoms with Crippen molar-refractivity contribution >= 4 is 17.4 Å². The second-order valence-corrected chi connectivity index (χ2v) is 5.18. The summed E-state index contributed by atoms with van der Waals surface area (Å²) < 4.78 is 2.02. The van der Waals surface area contributed by atoms with Gasteiger partial charge >= 0.3 is 0 Å². The van der Waals surface area contributed by atoms with E-state index >= 15 is 0 Å². The Hall–Kier alpha value is -1.62. The van der Waals surface area contributed by atoms with E-state index in [-0.39, 0.29) is 0 Å². The summed E-state index contributed by atoms with van der Waals surface area (Å²) in [7, 11) is 0. The van der Waals surface area contributed by atoms with Crippen LogP contribution in [-0.2, 0) is 6.54 Å². The molecule has 5 nitrogen and oxygen atoms in total. The zero-order valence-electron chi connectivity index (χ0n) is 10.6. The van der Waals surface area contributed by atoms with Crippen molar-refractivity contribution in [1.82, 2.24) is 19.7 Å². The fraction of sp³-hybridized carbons (Fsp3) is 0.462. The zero-order chi connectivity index (χ0) is 13.1. The summed E-state index contributed by atoms with van der Waals surface area (Å²) in [6.45, 7) is 3.03. The molecule has 0 N–H and O–H groups in total. The number of rotatable bonds is 3. The first kappa shape index (κ1) is 12.4. The summed E-state index contributed by atoms with van der Waals surface area (Å²) in [6, 6.07) is 3.89. The summed E-state index contributed by atoms with van der Waals surface area (Å²) in [5.74, 6) is 1.62. The summed E-state index contributed by atoms with van der Waals surface area (Å²) in [4.78, 5) is 10.4. The molecule has 19 heavy (non-hydrogen) atoms. The zero-order valence-corrected chi connectivity index (χ0v) is 11.4. The van der Waals surface area contributed by atoms with Crippen molar-refractivity contribution in [2.45, 2.75) is 19.4 Å². The van der Waals surface area contributed by atoms with Gasteiger partial charge in [-0.1, -0.05) is 0 Å². The van der Waals surface area contributed by atoms with Crippen LogP contribution in [0.5, 0.6) is 0 Å². The molecule has 0 atom stereocenters. The molecule has 1 saturated heterocycles. The number of hydrogen-bond donors (Lipinski definition) is 0. The van der Waals surface area contributed by atoms with Gasteiger partial charge in [0.25, 0.3) is 0 Å². The second kappa shape index (κ2) is 5.57. The first-order valence-electron chi connectivity index (χ1n) is 6.52. The highest BCUT2D eigenvalue weighted by Gasteiger charge is 2.20. The van der Waals surface area contributed by atoms with Crippen LogP contribution in [0.2, 0.25) is 5.28 Å². The Balaban J connectivity index is 1.57. The third-order valence-electron chi connectivity index (χ3n) is 3.55. The van der Waals surface area contributed by atoms with Crippen molar-refractivity contribution in [3.05, 3.63) is 36.0 Å². The molecule has 0 amide bonds. The fourth-order valence-corrected chi connectivity index (χ4v) is 2.66. The van der Waals surface area contributed by atoms with Gasteiger partial charge in [-0.3, -0.25) is 4.68 Å².